The first kappa shape index (κ1) is 18.9. The fourth-order valence-corrected chi connectivity index (χ4v) is 2.70. The molecule has 0 aliphatic rings. The molecule has 0 bridgehead atoms. The Morgan fingerprint density at radius 2 is 1.64 bits per heavy atom. The maximum Gasteiger partial charge on any atom is 0.195 e. The van der Waals surface area contributed by atoms with E-state index in [9.17, 15) is 0 Å². The second-order valence-electron chi connectivity index (χ2n) is 5.08. The summed E-state index contributed by atoms with van der Waals surface area (Å²) in [6, 6.07) is 11.5. The van der Waals surface area contributed by atoms with Gasteiger partial charge >= 0.3 is 0 Å². The van der Waals surface area contributed by atoms with Crippen molar-refractivity contribution >= 4 is 27.6 Å². The van der Waals surface area contributed by atoms with Gasteiger partial charge in [-0.1, -0.05) is 15.9 Å². The van der Waals surface area contributed by atoms with Crippen LogP contribution in [0.3, 0.4) is 0 Å². The third-order valence-corrected chi connectivity index (χ3v) is 4.05. The minimum atomic E-state index is 0.565. The van der Waals surface area contributed by atoms with Crippen LogP contribution < -0.4 is 24.8 Å². The summed E-state index contributed by atoms with van der Waals surface area (Å²) >= 11 is 3.48. The van der Waals surface area contributed by atoms with Gasteiger partial charge in [-0.25, -0.2) is 0 Å². The predicted octanol–water partition coefficient (Wildman–Crippen LogP) is 3.66. The first-order chi connectivity index (χ1) is 12.1. The summed E-state index contributed by atoms with van der Waals surface area (Å²) in [7, 11) is 6.59. The molecule has 25 heavy (non-hydrogen) atoms. The number of ether oxygens (including phenoxy) is 3. The number of aliphatic imine (C=N–C) groups is 1. The van der Waals surface area contributed by atoms with Gasteiger partial charge < -0.3 is 24.8 Å². The lowest BCUT2D eigenvalue weighted by molar-refractivity contribution is 0.355. The molecule has 0 aliphatic carbocycles. The highest BCUT2D eigenvalue weighted by atomic mass is 79.9. The fraction of sp³-hybridized carbons (Fsp3) is 0.278. The molecular weight excluding hydrogens is 386 g/mol. The monoisotopic (exact) mass is 407 g/mol. The average molecular weight is 408 g/mol. The third-order valence-electron chi connectivity index (χ3n) is 3.56. The van der Waals surface area contributed by atoms with Crippen LogP contribution in [-0.2, 0) is 6.54 Å². The highest BCUT2D eigenvalue weighted by Gasteiger charge is 2.08. The maximum atomic E-state index is 5.39. The van der Waals surface area contributed by atoms with Crippen LogP contribution in [0.5, 0.6) is 17.2 Å². The lowest BCUT2D eigenvalue weighted by Crippen LogP contribution is -2.30. The number of rotatable bonds is 6. The van der Waals surface area contributed by atoms with Crippen LogP contribution in [0, 0.1) is 0 Å². The summed E-state index contributed by atoms with van der Waals surface area (Å²) in [5.41, 5.74) is 1.86. The number of benzene rings is 2. The van der Waals surface area contributed by atoms with Crippen molar-refractivity contribution in [2.45, 2.75) is 6.54 Å². The molecule has 0 saturated carbocycles. The number of guanidine groups is 1. The lowest BCUT2D eigenvalue weighted by atomic mass is 10.2. The van der Waals surface area contributed by atoms with E-state index in [0.717, 1.165) is 21.5 Å². The van der Waals surface area contributed by atoms with E-state index in [1.54, 1.807) is 28.4 Å². The number of hydrogen-bond donors (Lipinski definition) is 2. The molecule has 2 N–H and O–H groups in total. The Kier molecular flexibility index (Phi) is 6.94. The quantitative estimate of drug-likeness (QED) is 0.564. The van der Waals surface area contributed by atoms with E-state index >= 15 is 0 Å². The topological polar surface area (TPSA) is 64.1 Å². The van der Waals surface area contributed by atoms with Gasteiger partial charge in [-0.05, 0) is 30.3 Å². The zero-order valence-electron chi connectivity index (χ0n) is 14.7. The third kappa shape index (κ3) is 5.03. The first-order valence-corrected chi connectivity index (χ1v) is 8.42. The van der Waals surface area contributed by atoms with Gasteiger partial charge in [-0.2, -0.15) is 0 Å². The summed E-state index contributed by atoms with van der Waals surface area (Å²) in [5, 5.41) is 6.50. The Bertz CT molecular complexity index is 750. The summed E-state index contributed by atoms with van der Waals surface area (Å²) in [6.45, 7) is 0.565. The number of nitrogens with one attached hydrogen (secondary N) is 2. The van der Waals surface area contributed by atoms with Crippen LogP contribution in [0.1, 0.15) is 5.56 Å². The summed E-state index contributed by atoms with van der Waals surface area (Å²) in [4.78, 5) is 4.24. The van der Waals surface area contributed by atoms with E-state index in [-0.39, 0.29) is 0 Å². The molecule has 0 saturated heterocycles. The van der Waals surface area contributed by atoms with Gasteiger partial charge in [0.05, 0.1) is 21.3 Å². The predicted molar refractivity (Wildman–Crippen MR) is 104 cm³/mol. The van der Waals surface area contributed by atoms with Gasteiger partial charge in [-0.3, -0.25) is 4.99 Å². The number of methoxy groups -OCH3 is 3. The molecule has 2 aromatic carbocycles. The van der Waals surface area contributed by atoms with Crippen molar-refractivity contribution in [2.75, 3.05) is 33.7 Å². The van der Waals surface area contributed by atoms with E-state index in [1.165, 1.54) is 0 Å². The SMILES string of the molecule is CN=C(NCc1cc(Br)ccc1OC)Nc1ccc(OC)c(OC)c1. The van der Waals surface area contributed by atoms with Crippen LogP contribution in [0.15, 0.2) is 45.9 Å². The van der Waals surface area contributed by atoms with Crippen molar-refractivity contribution in [3.05, 3.63) is 46.4 Å². The Morgan fingerprint density at radius 1 is 0.960 bits per heavy atom. The Labute approximate surface area is 156 Å². The van der Waals surface area contributed by atoms with E-state index in [0.29, 0.717) is 24.0 Å². The molecule has 6 nitrogen and oxygen atoms in total. The van der Waals surface area contributed by atoms with Crippen molar-refractivity contribution in [2.24, 2.45) is 4.99 Å². The standard InChI is InChI=1S/C18H22BrN3O3/c1-20-18(21-11-12-9-13(19)5-7-15(12)23-2)22-14-6-8-16(24-3)17(10-14)25-4/h5-10H,11H2,1-4H3,(H2,20,21,22). The van der Waals surface area contributed by atoms with Crippen molar-refractivity contribution in [3.8, 4) is 17.2 Å². The average Bonchev–Trinajstić information content (AvgIpc) is 2.64. The van der Waals surface area contributed by atoms with Crippen LogP contribution in [-0.4, -0.2) is 34.3 Å². The molecule has 0 unspecified atom stereocenters. The molecule has 0 radical (unpaired) electrons. The van der Waals surface area contributed by atoms with Gasteiger partial charge in [0.15, 0.2) is 17.5 Å². The van der Waals surface area contributed by atoms with Gasteiger partial charge in [-0.15, -0.1) is 0 Å². The van der Waals surface area contributed by atoms with Gasteiger partial charge in [0.25, 0.3) is 0 Å². The first-order valence-electron chi connectivity index (χ1n) is 7.63. The summed E-state index contributed by atoms with van der Waals surface area (Å²) in [6.07, 6.45) is 0. The van der Waals surface area contributed by atoms with Crippen molar-refractivity contribution in [3.63, 3.8) is 0 Å². The van der Waals surface area contributed by atoms with Gasteiger partial charge in [0.1, 0.15) is 5.75 Å². The van der Waals surface area contributed by atoms with Crippen LogP contribution >= 0.6 is 15.9 Å². The molecule has 2 rings (SSSR count). The van der Waals surface area contributed by atoms with Crippen molar-refractivity contribution in [1.29, 1.82) is 0 Å². The van der Waals surface area contributed by atoms with Crippen LogP contribution in [0.2, 0.25) is 0 Å². The largest absolute Gasteiger partial charge is 0.496 e. The van der Waals surface area contributed by atoms with E-state index in [2.05, 4.69) is 31.6 Å². The van der Waals surface area contributed by atoms with E-state index in [4.69, 9.17) is 14.2 Å². The smallest absolute Gasteiger partial charge is 0.195 e. The fourth-order valence-electron chi connectivity index (χ4n) is 2.29. The number of halogens is 1. The number of nitrogens with zero attached hydrogens (tertiary/aromatic N) is 1. The maximum absolute atomic E-state index is 5.39. The molecular formula is C18H22BrN3O3. The zero-order chi connectivity index (χ0) is 18.2. The second kappa shape index (κ2) is 9.17. The van der Waals surface area contributed by atoms with Crippen LogP contribution in [0.25, 0.3) is 0 Å². The molecule has 0 atom stereocenters. The highest BCUT2D eigenvalue weighted by Crippen LogP contribution is 2.29. The van der Waals surface area contributed by atoms with E-state index in [1.807, 2.05) is 36.4 Å². The molecule has 134 valence electrons. The minimum Gasteiger partial charge on any atom is -0.496 e. The lowest BCUT2D eigenvalue weighted by Gasteiger charge is -2.15. The Hall–Kier alpha value is -2.41. The number of hydrogen-bond acceptors (Lipinski definition) is 4. The molecule has 7 heteroatoms. The Balaban J connectivity index is 2.08. The highest BCUT2D eigenvalue weighted by molar-refractivity contribution is 9.10. The van der Waals surface area contributed by atoms with Gasteiger partial charge in [0.2, 0.25) is 0 Å². The molecule has 0 aromatic heterocycles. The Morgan fingerprint density at radius 3 is 2.28 bits per heavy atom. The molecule has 0 fully saturated rings. The molecule has 2 aromatic rings. The zero-order valence-corrected chi connectivity index (χ0v) is 16.3. The van der Waals surface area contributed by atoms with Crippen LogP contribution in [0.4, 0.5) is 5.69 Å². The summed E-state index contributed by atoms with van der Waals surface area (Å²) < 4.78 is 16.9. The van der Waals surface area contributed by atoms with Crippen molar-refractivity contribution < 1.29 is 14.2 Å². The van der Waals surface area contributed by atoms with Gasteiger partial charge in [0, 0.05) is 35.4 Å². The molecule has 0 spiro atoms. The molecule has 0 heterocycles. The minimum absolute atomic E-state index is 0.565. The second-order valence-corrected chi connectivity index (χ2v) is 5.99. The number of anilines is 1. The van der Waals surface area contributed by atoms with E-state index < -0.39 is 0 Å². The van der Waals surface area contributed by atoms with Crippen molar-refractivity contribution in [1.82, 2.24) is 5.32 Å². The molecule has 0 aliphatic heterocycles. The molecule has 0 amide bonds. The summed E-state index contributed by atoms with van der Waals surface area (Å²) in [5.74, 6) is 2.78. The normalized spacial score (nSPS) is 11.0.